The lowest BCUT2D eigenvalue weighted by Crippen LogP contribution is -2.14. The van der Waals surface area contributed by atoms with Crippen molar-refractivity contribution < 1.29 is 5.11 Å². The van der Waals surface area contributed by atoms with Gasteiger partial charge in [-0.3, -0.25) is 0 Å². The van der Waals surface area contributed by atoms with Crippen molar-refractivity contribution in [1.29, 1.82) is 0 Å². The average Bonchev–Trinajstić information content (AvgIpc) is 2.86. The topological polar surface area (TPSA) is 38.0 Å². The molecule has 0 unspecified atom stereocenters. The summed E-state index contributed by atoms with van der Waals surface area (Å²) in [5.41, 5.74) is 2.13. The molecule has 2 aromatic heterocycles. The first-order chi connectivity index (χ1) is 7.34. The Kier molecular flexibility index (Phi) is 2.11. The highest BCUT2D eigenvalue weighted by molar-refractivity contribution is 7.08. The lowest BCUT2D eigenvalue weighted by atomic mass is 10.1. The number of aliphatic hydroxyl groups is 1. The largest absolute Gasteiger partial charge is 0.385 e. The van der Waals surface area contributed by atoms with Gasteiger partial charge in [0.05, 0.1) is 5.69 Å². The smallest absolute Gasteiger partial charge is 0.138 e. The standard InChI is InChI=1S/C11H12N2OS/c14-10-2-1-4-13-6-9(12-11(10)13)8-3-5-15-7-8/h3,5-7,10,14H,1-2,4H2/t10-/m0/s1. The van der Waals surface area contributed by atoms with E-state index in [0.29, 0.717) is 0 Å². The normalized spacial score (nSPS) is 20.2. The molecule has 0 radical (unpaired) electrons. The molecule has 0 spiro atoms. The Labute approximate surface area is 92.0 Å². The Hall–Kier alpha value is -1.13. The molecule has 3 rings (SSSR count). The summed E-state index contributed by atoms with van der Waals surface area (Å²) in [7, 11) is 0. The van der Waals surface area contributed by atoms with Crippen molar-refractivity contribution in [1.82, 2.24) is 9.55 Å². The van der Waals surface area contributed by atoms with E-state index >= 15 is 0 Å². The first-order valence-electron chi connectivity index (χ1n) is 5.12. The van der Waals surface area contributed by atoms with Crippen LogP contribution in [-0.4, -0.2) is 14.7 Å². The molecule has 1 atom stereocenters. The minimum absolute atomic E-state index is 0.383. The summed E-state index contributed by atoms with van der Waals surface area (Å²) in [6.45, 7) is 0.976. The van der Waals surface area contributed by atoms with Gasteiger partial charge in [-0.25, -0.2) is 4.98 Å². The molecule has 2 aromatic rings. The second kappa shape index (κ2) is 3.47. The Morgan fingerprint density at radius 2 is 2.47 bits per heavy atom. The maximum absolute atomic E-state index is 9.79. The summed E-state index contributed by atoms with van der Waals surface area (Å²) in [6.07, 6.45) is 3.53. The van der Waals surface area contributed by atoms with E-state index in [0.717, 1.165) is 36.5 Å². The predicted molar refractivity (Wildman–Crippen MR) is 59.7 cm³/mol. The third-order valence-electron chi connectivity index (χ3n) is 2.80. The summed E-state index contributed by atoms with van der Waals surface area (Å²) in [5.74, 6) is 0.822. The molecule has 3 heterocycles. The molecule has 1 aliphatic heterocycles. The molecular formula is C11H12N2OS. The highest BCUT2D eigenvalue weighted by atomic mass is 32.1. The Bertz CT molecular complexity index is 461. The lowest BCUT2D eigenvalue weighted by molar-refractivity contribution is 0.134. The number of aliphatic hydroxyl groups excluding tert-OH is 1. The molecule has 0 bridgehead atoms. The van der Waals surface area contributed by atoms with E-state index in [4.69, 9.17) is 0 Å². The number of aryl methyl sites for hydroxylation is 1. The zero-order chi connectivity index (χ0) is 10.3. The van der Waals surface area contributed by atoms with E-state index in [2.05, 4.69) is 21.0 Å². The number of hydrogen-bond donors (Lipinski definition) is 1. The number of rotatable bonds is 1. The molecule has 4 heteroatoms. The molecule has 1 aliphatic rings. The van der Waals surface area contributed by atoms with Gasteiger partial charge >= 0.3 is 0 Å². The van der Waals surface area contributed by atoms with Gasteiger partial charge in [0.25, 0.3) is 0 Å². The molecular weight excluding hydrogens is 208 g/mol. The van der Waals surface area contributed by atoms with Crippen LogP contribution in [0.4, 0.5) is 0 Å². The minimum Gasteiger partial charge on any atom is -0.385 e. The van der Waals surface area contributed by atoms with Gasteiger partial charge in [0.2, 0.25) is 0 Å². The highest BCUT2D eigenvalue weighted by Gasteiger charge is 2.20. The van der Waals surface area contributed by atoms with Crippen molar-refractivity contribution in [2.75, 3.05) is 0 Å². The van der Waals surface area contributed by atoms with Crippen LogP contribution in [0.1, 0.15) is 24.8 Å². The number of aromatic nitrogens is 2. The van der Waals surface area contributed by atoms with Crippen LogP contribution in [0.5, 0.6) is 0 Å². The molecule has 0 aliphatic carbocycles. The second-order valence-electron chi connectivity index (χ2n) is 3.85. The molecule has 0 fully saturated rings. The van der Waals surface area contributed by atoms with Gasteiger partial charge < -0.3 is 9.67 Å². The number of nitrogens with zero attached hydrogens (tertiary/aromatic N) is 2. The molecule has 78 valence electrons. The summed E-state index contributed by atoms with van der Waals surface area (Å²) in [4.78, 5) is 4.49. The third kappa shape index (κ3) is 1.50. The molecule has 1 N–H and O–H groups in total. The lowest BCUT2D eigenvalue weighted by Gasteiger charge is -2.18. The number of fused-ring (bicyclic) bond motifs is 1. The quantitative estimate of drug-likeness (QED) is 0.801. The van der Waals surface area contributed by atoms with Gasteiger partial charge in [-0.2, -0.15) is 11.3 Å². The van der Waals surface area contributed by atoms with Crippen molar-refractivity contribution in [2.45, 2.75) is 25.5 Å². The number of hydrogen-bond acceptors (Lipinski definition) is 3. The van der Waals surface area contributed by atoms with E-state index in [1.807, 2.05) is 11.6 Å². The monoisotopic (exact) mass is 220 g/mol. The maximum Gasteiger partial charge on any atom is 0.138 e. The molecule has 0 aromatic carbocycles. The van der Waals surface area contributed by atoms with Crippen LogP contribution in [0.15, 0.2) is 23.0 Å². The number of thiophene rings is 1. The van der Waals surface area contributed by atoms with Crippen molar-refractivity contribution in [3.05, 3.63) is 28.8 Å². The van der Waals surface area contributed by atoms with Gasteiger partial charge in [-0.05, 0) is 24.3 Å². The predicted octanol–water partition coefficient (Wildman–Crippen LogP) is 2.44. The van der Waals surface area contributed by atoms with Crippen LogP contribution in [0, 0.1) is 0 Å². The molecule has 3 nitrogen and oxygen atoms in total. The fourth-order valence-corrected chi connectivity index (χ4v) is 2.66. The zero-order valence-electron chi connectivity index (χ0n) is 8.26. The van der Waals surface area contributed by atoms with Crippen molar-refractivity contribution in [3.63, 3.8) is 0 Å². The first kappa shape index (κ1) is 9.12. The van der Waals surface area contributed by atoms with E-state index < -0.39 is 0 Å². The van der Waals surface area contributed by atoms with E-state index in [-0.39, 0.29) is 6.10 Å². The Balaban J connectivity index is 2.06. The Morgan fingerprint density at radius 3 is 3.20 bits per heavy atom. The Morgan fingerprint density at radius 1 is 1.53 bits per heavy atom. The van der Waals surface area contributed by atoms with Gasteiger partial charge in [0, 0.05) is 23.7 Å². The van der Waals surface area contributed by atoms with Crippen LogP contribution in [0.2, 0.25) is 0 Å². The SMILES string of the molecule is O[C@H]1CCCn2cc(-c3ccsc3)nc21. The first-order valence-corrected chi connectivity index (χ1v) is 6.06. The highest BCUT2D eigenvalue weighted by Crippen LogP contribution is 2.28. The second-order valence-corrected chi connectivity index (χ2v) is 4.63. The van der Waals surface area contributed by atoms with Gasteiger partial charge in [-0.1, -0.05) is 0 Å². The van der Waals surface area contributed by atoms with E-state index in [9.17, 15) is 5.11 Å². The molecule has 0 saturated carbocycles. The molecule has 15 heavy (non-hydrogen) atoms. The van der Waals surface area contributed by atoms with Gasteiger partial charge in [0.1, 0.15) is 11.9 Å². The van der Waals surface area contributed by atoms with Crippen molar-refractivity contribution in [3.8, 4) is 11.3 Å². The van der Waals surface area contributed by atoms with E-state index in [1.165, 1.54) is 0 Å². The fraction of sp³-hybridized carbons (Fsp3) is 0.364. The van der Waals surface area contributed by atoms with Crippen LogP contribution in [0.3, 0.4) is 0 Å². The van der Waals surface area contributed by atoms with Crippen LogP contribution < -0.4 is 0 Å². The number of imidazole rings is 1. The van der Waals surface area contributed by atoms with Crippen molar-refractivity contribution >= 4 is 11.3 Å². The average molecular weight is 220 g/mol. The van der Waals surface area contributed by atoms with Crippen LogP contribution in [-0.2, 0) is 6.54 Å². The van der Waals surface area contributed by atoms with Crippen LogP contribution >= 0.6 is 11.3 Å². The van der Waals surface area contributed by atoms with Gasteiger partial charge in [0.15, 0.2) is 0 Å². The minimum atomic E-state index is -0.383. The summed E-state index contributed by atoms with van der Waals surface area (Å²) in [5, 5.41) is 13.9. The van der Waals surface area contributed by atoms with Gasteiger partial charge in [-0.15, -0.1) is 0 Å². The molecule has 0 saturated heterocycles. The summed E-state index contributed by atoms with van der Waals surface area (Å²) >= 11 is 1.67. The van der Waals surface area contributed by atoms with E-state index in [1.54, 1.807) is 11.3 Å². The fourth-order valence-electron chi connectivity index (χ4n) is 2.01. The zero-order valence-corrected chi connectivity index (χ0v) is 9.07. The van der Waals surface area contributed by atoms with Crippen molar-refractivity contribution in [2.24, 2.45) is 0 Å². The summed E-state index contributed by atoms with van der Waals surface area (Å²) < 4.78 is 2.07. The molecule has 0 amide bonds. The third-order valence-corrected chi connectivity index (χ3v) is 3.48. The summed E-state index contributed by atoms with van der Waals surface area (Å²) in [6, 6.07) is 2.06. The van der Waals surface area contributed by atoms with Crippen LogP contribution in [0.25, 0.3) is 11.3 Å². The maximum atomic E-state index is 9.79.